The van der Waals surface area contributed by atoms with Crippen LogP contribution in [-0.2, 0) is 16.0 Å². The summed E-state index contributed by atoms with van der Waals surface area (Å²) in [5.41, 5.74) is -1.04. The Balaban J connectivity index is 2.29. The van der Waals surface area contributed by atoms with Crippen molar-refractivity contribution in [3.8, 4) is 0 Å². The number of nitrogens with one attached hydrogen (secondary N) is 2. The largest absolute Gasteiger partial charge is 0.480 e. The highest BCUT2D eigenvalue weighted by Crippen LogP contribution is 2.12. The predicted octanol–water partition coefficient (Wildman–Crippen LogP) is 1.64. The lowest BCUT2D eigenvalue weighted by molar-refractivity contribution is -0.144. The highest BCUT2D eigenvalue weighted by molar-refractivity contribution is 7.09. The van der Waals surface area contributed by atoms with Gasteiger partial charge in [-0.25, -0.2) is 0 Å². The second-order valence-electron chi connectivity index (χ2n) is 4.92. The number of hydrogen-bond acceptors (Lipinski definition) is 4. The topological polar surface area (TPSA) is 78.4 Å². The molecule has 1 amide bonds. The van der Waals surface area contributed by atoms with E-state index in [4.69, 9.17) is 0 Å². The number of carbonyl (C=O) groups is 2. The van der Waals surface area contributed by atoms with E-state index in [1.165, 1.54) is 4.88 Å². The van der Waals surface area contributed by atoms with Crippen molar-refractivity contribution in [1.82, 2.24) is 10.6 Å². The van der Waals surface area contributed by atoms with Crippen LogP contribution in [0.3, 0.4) is 0 Å². The van der Waals surface area contributed by atoms with E-state index in [2.05, 4.69) is 10.6 Å². The van der Waals surface area contributed by atoms with Crippen molar-refractivity contribution in [3.63, 3.8) is 0 Å². The molecule has 3 N–H and O–H groups in total. The van der Waals surface area contributed by atoms with E-state index in [9.17, 15) is 14.7 Å². The van der Waals surface area contributed by atoms with Crippen molar-refractivity contribution in [2.24, 2.45) is 0 Å². The molecule has 1 aromatic rings. The van der Waals surface area contributed by atoms with E-state index in [0.29, 0.717) is 13.0 Å². The van der Waals surface area contributed by atoms with Gasteiger partial charge >= 0.3 is 5.97 Å². The lowest BCUT2D eigenvalue weighted by atomic mass is 9.96. The number of aliphatic carboxylic acids is 1. The van der Waals surface area contributed by atoms with Crippen LogP contribution in [-0.4, -0.2) is 35.6 Å². The molecule has 20 heavy (non-hydrogen) atoms. The predicted molar refractivity (Wildman–Crippen MR) is 80.0 cm³/mol. The number of carboxylic acids is 1. The zero-order valence-corrected chi connectivity index (χ0v) is 12.8. The normalized spacial score (nSPS) is 13.7. The van der Waals surface area contributed by atoms with Crippen molar-refractivity contribution in [2.75, 3.05) is 13.1 Å². The van der Waals surface area contributed by atoms with Crippen molar-refractivity contribution >= 4 is 23.2 Å². The molecule has 5 nitrogen and oxygen atoms in total. The van der Waals surface area contributed by atoms with Gasteiger partial charge in [0.1, 0.15) is 5.54 Å². The Morgan fingerprint density at radius 1 is 1.45 bits per heavy atom. The summed E-state index contributed by atoms with van der Waals surface area (Å²) < 4.78 is 0. The van der Waals surface area contributed by atoms with Crippen LogP contribution in [0.4, 0.5) is 0 Å². The summed E-state index contributed by atoms with van der Waals surface area (Å²) in [6.07, 6.45) is 2.04. The van der Waals surface area contributed by atoms with Crippen LogP contribution in [0.2, 0.25) is 0 Å². The van der Waals surface area contributed by atoms with Gasteiger partial charge in [-0.05, 0) is 31.2 Å². The third kappa shape index (κ3) is 5.30. The van der Waals surface area contributed by atoms with Gasteiger partial charge in [-0.2, -0.15) is 0 Å². The van der Waals surface area contributed by atoms with E-state index in [-0.39, 0.29) is 12.5 Å². The molecule has 6 heteroatoms. The quantitative estimate of drug-likeness (QED) is 0.647. The highest BCUT2D eigenvalue weighted by Gasteiger charge is 2.31. The van der Waals surface area contributed by atoms with Crippen molar-refractivity contribution < 1.29 is 14.7 Å². The average molecular weight is 298 g/mol. The molecule has 1 atom stereocenters. The number of amides is 1. The lowest BCUT2D eigenvalue weighted by Gasteiger charge is -2.25. The smallest absolute Gasteiger partial charge is 0.323 e. The van der Waals surface area contributed by atoms with Crippen LogP contribution >= 0.6 is 11.3 Å². The first kappa shape index (κ1) is 16.7. The minimum atomic E-state index is -1.04. The van der Waals surface area contributed by atoms with Crippen molar-refractivity contribution in [3.05, 3.63) is 22.4 Å². The van der Waals surface area contributed by atoms with E-state index in [1.807, 2.05) is 24.4 Å². The molecular weight excluding hydrogens is 276 g/mol. The fourth-order valence-corrected chi connectivity index (χ4v) is 2.60. The molecule has 0 aliphatic carbocycles. The number of hydrogen-bond donors (Lipinski definition) is 3. The highest BCUT2D eigenvalue weighted by atomic mass is 32.1. The maximum absolute atomic E-state index is 11.7. The summed E-state index contributed by atoms with van der Waals surface area (Å²) in [5, 5.41) is 16.8. The molecule has 1 rings (SSSR count). The monoisotopic (exact) mass is 298 g/mol. The van der Waals surface area contributed by atoms with E-state index in [1.54, 1.807) is 18.3 Å². The Morgan fingerprint density at radius 3 is 2.75 bits per heavy atom. The minimum absolute atomic E-state index is 0.0211. The fraction of sp³-hybridized carbons (Fsp3) is 0.571. The molecule has 0 aliphatic heterocycles. The first-order chi connectivity index (χ1) is 9.48. The fourth-order valence-electron chi connectivity index (χ4n) is 1.89. The molecule has 1 aromatic heterocycles. The standard InChI is InChI=1S/C14H22N2O3S/c1-3-7-14(2,13(18)19)16-10-12(17)15-8-6-11-5-4-9-20-11/h4-5,9,16H,3,6-8,10H2,1-2H3,(H,15,17)(H,18,19). The summed E-state index contributed by atoms with van der Waals surface area (Å²) in [6, 6.07) is 4.00. The summed E-state index contributed by atoms with van der Waals surface area (Å²) in [5.74, 6) is -1.10. The molecule has 0 fully saturated rings. The van der Waals surface area contributed by atoms with Gasteiger partial charge in [-0.3, -0.25) is 14.9 Å². The Labute approximate surface area is 123 Å². The number of rotatable bonds is 9. The second-order valence-corrected chi connectivity index (χ2v) is 5.95. The summed E-state index contributed by atoms with van der Waals surface area (Å²) in [7, 11) is 0. The Morgan fingerprint density at radius 2 is 2.20 bits per heavy atom. The maximum Gasteiger partial charge on any atom is 0.323 e. The first-order valence-electron chi connectivity index (χ1n) is 6.75. The molecule has 0 aromatic carbocycles. The number of carbonyl (C=O) groups excluding carboxylic acids is 1. The molecule has 0 aliphatic rings. The summed E-state index contributed by atoms with van der Waals surface area (Å²) in [4.78, 5) is 24.1. The van der Waals surface area contributed by atoms with Crippen LogP contribution in [0, 0.1) is 0 Å². The van der Waals surface area contributed by atoms with Gasteiger partial charge < -0.3 is 10.4 Å². The molecule has 112 valence electrons. The summed E-state index contributed by atoms with van der Waals surface area (Å²) >= 11 is 1.66. The molecule has 1 heterocycles. The number of thiophene rings is 1. The van der Waals surface area contributed by atoms with Crippen LogP contribution in [0.1, 0.15) is 31.6 Å². The van der Waals surface area contributed by atoms with Gasteiger partial charge in [0.15, 0.2) is 0 Å². The SMILES string of the molecule is CCCC(C)(NCC(=O)NCCc1cccs1)C(=O)O. The van der Waals surface area contributed by atoms with Crippen molar-refractivity contribution in [1.29, 1.82) is 0 Å². The van der Waals surface area contributed by atoms with Crippen molar-refractivity contribution in [2.45, 2.75) is 38.6 Å². The first-order valence-corrected chi connectivity index (χ1v) is 7.63. The van der Waals surface area contributed by atoms with Crippen LogP contribution in [0.15, 0.2) is 17.5 Å². The zero-order chi connectivity index (χ0) is 15.0. The maximum atomic E-state index is 11.7. The molecule has 1 unspecified atom stereocenters. The average Bonchev–Trinajstić information content (AvgIpc) is 2.90. The molecule has 0 saturated carbocycles. The molecule has 0 radical (unpaired) electrons. The molecule has 0 spiro atoms. The minimum Gasteiger partial charge on any atom is -0.480 e. The lowest BCUT2D eigenvalue weighted by Crippen LogP contribution is -2.52. The molecular formula is C14H22N2O3S. The van der Waals surface area contributed by atoms with Gasteiger partial charge in [0.05, 0.1) is 6.54 Å². The van der Waals surface area contributed by atoms with Gasteiger partial charge in [-0.15, -0.1) is 11.3 Å². The third-order valence-electron chi connectivity index (χ3n) is 3.13. The summed E-state index contributed by atoms with van der Waals surface area (Å²) in [6.45, 7) is 4.12. The van der Waals surface area contributed by atoms with Gasteiger partial charge in [0, 0.05) is 11.4 Å². The third-order valence-corrected chi connectivity index (χ3v) is 4.07. The number of carboxylic acid groups (broad SMARTS) is 1. The Hall–Kier alpha value is -1.40. The molecule has 0 saturated heterocycles. The second kappa shape index (κ2) is 8.01. The van der Waals surface area contributed by atoms with E-state index < -0.39 is 11.5 Å². The Kier molecular flexibility index (Phi) is 6.67. The Bertz CT molecular complexity index is 434. The van der Waals surface area contributed by atoms with E-state index >= 15 is 0 Å². The zero-order valence-electron chi connectivity index (χ0n) is 11.9. The van der Waals surface area contributed by atoms with Gasteiger partial charge in [0.2, 0.25) is 5.91 Å². The van der Waals surface area contributed by atoms with Gasteiger partial charge in [0.25, 0.3) is 0 Å². The van der Waals surface area contributed by atoms with Crippen LogP contribution in [0.25, 0.3) is 0 Å². The van der Waals surface area contributed by atoms with Crippen LogP contribution in [0.5, 0.6) is 0 Å². The van der Waals surface area contributed by atoms with Gasteiger partial charge in [-0.1, -0.05) is 19.4 Å². The molecule has 0 bridgehead atoms. The van der Waals surface area contributed by atoms with Crippen LogP contribution < -0.4 is 10.6 Å². The van der Waals surface area contributed by atoms with E-state index in [0.717, 1.165) is 12.8 Å².